The van der Waals surface area contributed by atoms with Crippen LogP contribution in [0.3, 0.4) is 0 Å². The summed E-state index contributed by atoms with van der Waals surface area (Å²) in [4.78, 5) is 15.2. The lowest BCUT2D eigenvalue weighted by Gasteiger charge is -2.14. The Morgan fingerprint density at radius 3 is 2.88 bits per heavy atom. The van der Waals surface area contributed by atoms with Gasteiger partial charge in [-0.25, -0.2) is 4.98 Å². The summed E-state index contributed by atoms with van der Waals surface area (Å²) in [6.45, 7) is 5.83. The van der Waals surface area contributed by atoms with Gasteiger partial charge in [-0.05, 0) is 12.5 Å². The average molecular weight is 225 g/mol. The molecule has 0 aliphatic carbocycles. The molecule has 5 nitrogen and oxygen atoms in total. The second-order valence-electron chi connectivity index (χ2n) is 4.28. The van der Waals surface area contributed by atoms with Crippen LogP contribution in [-0.4, -0.2) is 33.9 Å². The van der Waals surface area contributed by atoms with E-state index in [0.717, 1.165) is 6.54 Å². The smallest absolute Gasteiger partial charge is 0.253 e. The molecule has 0 aromatic carbocycles. The summed E-state index contributed by atoms with van der Waals surface area (Å²) < 4.78 is 1.40. The van der Waals surface area contributed by atoms with Gasteiger partial charge in [0.25, 0.3) is 5.56 Å². The highest BCUT2D eigenvalue weighted by molar-refractivity contribution is 4.82. The van der Waals surface area contributed by atoms with Gasteiger partial charge >= 0.3 is 0 Å². The molecule has 2 N–H and O–H groups in total. The Labute approximate surface area is 95.1 Å². The van der Waals surface area contributed by atoms with Crippen LogP contribution in [0.15, 0.2) is 23.4 Å². The SMILES string of the molecule is CC(C)CNCC(O)Cn1cnccc1=O. The molecule has 1 rings (SSSR count). The first kappa shape index (κ1) is 12.9. The Morgan fingerprint density at radius 1 is 1.50 bits per heavy atom. The van der Waals surface area contributed by atoms with E-state index in [4.69, 9.17) is 0 Å². The van der Waals surface area contributed by atoms with Gasteiger partial charge < -0.3 is 10.4 Å². The fourth-order valence-electron chi connectivity index (χ4n) is 1.35. The van der Waals surface area contributed by atoms with Crippen LogP contribution in [0.4, 0.5) is 0 Å². The minimum absolute atomic E-state index is 0.141. The molecule has 1 heterocycles. The molecule has 0 bridgehead atoms. The van der Waals surface area contributed by atoms with E-state index in [1.54, 1.807) is 0 Å². The largest absolute Gasteiger partial charge is 0.390 e. The molecule has 1 atom stereocenters. The van der Waals surface area contributed by atoms with Crippen molar-refractivity contribution in [1.29, 1.82) is 0 Å². The molecule has 1 unspecified atom stereocenters. The van der Waals surface area contributed by atoms with E-state index in [0.29, 0.717) is 12.5 Å². The number of rotatable bonds is 6. The van der Waals surface area contributed by atoms with E-state index in [9.17, 15) is 9.90 Å². The molecule has 1 aromatic heterocycles. The zero-order valence-corrected chi connectivity index (χ0v) is 9.76. The maximum atomic E-state index is 11.3. The zero-order valence-electron chi connectivity index (χ0n) is 9.76. The summed E-state index contributed by atoms with van der Waals surface area (Å²) in [5.74, 6) is 0.549. The summed E-state index contributed by atoms with van der Waals surface area (Å²) >= 11 is 0. The monoisotopic (exact) mass is 225 g/mol. The van der Waals surface area contributed by atoms with Crippen LogP contribution in [-0.2, 0) is 6.54 Å². The molecule has 0 aliphatic heterocycles. The highest BCUT2D eigenvalue weighted by atomic mass is 16.3. The van der Waals surface area contributed by atoms with Crippen molar-refractivity contribution < 1.29 is 5.11 Å². The molecule has 0 saturated heterocycles. The van der Waals surface area contributed by atoms with Crippen molar-refractivity contribution in [2.24, 2.45) is 5.92 Å². The van der Waals surface area contributed by atoms with E-state index in [1.165, 1.54) is 23.2 Å². The normalized spacial score (nSPS) is 13.0. The first-order valence-corrected chi connectivity index (χ1v) is 5.49. The van der Waals surface area contributed by atoms with E-state index in [2.05, 4.69) is 24.1 Å². The lowest BCUT2D eigenvalue weighted by molar-refractivity contribution is 0.149. The van der Waals surface area contributed by atoms with Crippen molar-refractivity contribution in [3.63, 3.8) is 0 Å². The second-order valence-corrected chi connectivity index (χ2v) is 4.28. The lowest BCUT2D eigenvalue weighted by Crippen LogP contribution is -2.35. The lowest BCUT2D eigenvalue weighted by atomic mass is 10.2. The molecule has 90 valence electrons. The minimum atomic E-state index is -0.569. The molecule has 16 heavy (non-hydrogen) atoms. The van der Waals surface area contributed by atoms with Gasteiger partial charge in [-0.3, -0.25) is 9.36 Å². The van der Waals surface area contributed by atoms with Crippen molar-refractivity contribution in [3.05, 3.63) is 28.9 Å². The molecule has 1 aromatic rings. The maximum Gasteiger partial charge on any atom is 0.253 e. The van der Waals surface area contributed by atoms with Gasteiger partial charge in [0, 0.05) is 18.8 Å². The van der Waals surface area contributed by atoms with Crippen LogP contribution in [0, 0.1) is 5.92 Å². The van der Waals surface area contributed by atoms with E-state index >= 15 is 0 Å². The Bertz CT molecular complexity index is 362. The third-order valence-electron chi connectivity index (χ3n) is 2.13. The summed E-state index contributed by atoms with van der Waals surface area (Å²) in [5.41, 5.74) is -0.141. The van der Waals surface area contributed by atoms with Crippen molar-refractivity contribution in [3.8, 4) is 0 Å². The number of nitrogens with one attached hydrogen (secondary N) is 1. The van der Waals surface area contributed by atoms with Gasteiger partial charge in [0.15, 0.2) is 0 Å². The highest BCUT2D eigenvalue weighted by Crippen LogP contribution is 1.90. The van der Waals surface area contributed by atoms with E-state index in [-0.39, 0.29) is 12.1 Å². The standard InChI is InChI=1S/C11H19N3O2/c1-9(2)5-13-6-10(15)7-14-8-12-4-3-11(14)16/h3-4,8-10,13,15H,5-7H2,1-2H3. The van der Waals surface area contributed by atoms with Gasteiger partial charge in [0.2, 0.25) is 0 Å². The number of aliphatic hydroxyl groups is 1. The molecule has 0 amide bonds. The molecule has 0 spiro atoms. The quantitative estimate of drug-likeness (QED) is 0.706. The molecular formula is C11H19N3O2. The first-order valence-electron chi connectivity index (χ1n) is 5.49. The second kappa shape index (κ2) is 6.40. The number of aromatic nitrogens is 2. The number of nitrogens with zero attached hydrogens (tertiary/aromatic N) is 2. The van der Waals surface area contributed by atoms with Crippen molar-refractivity contribution >= 4 is 0 Å². The molecule has 0 aliphatic rings. The minimum Gasteiger partial charge on any atom is -0.390 e. The van der Waals surface area contributed by atoms with Gasteiger partial charge in [0.1, 0.15) is 0 Å². The van der Waals surface area contributed by atoms with Gasteiger partial charge in [-0.1, -0.05) is 13.8 Å². The highest BCUT2D eigenvalue weighted by Gasteiger charge is 2.06. The third kappa shape index (κ3) is 4.55. The number of hydrogen-bond donors (Lipinski definition) is 2. The maximum absolute atomic E-state index is 11.3. The van der Waals surface area contributed by atoms with Gasteiger partial charge in [0.05, 0.1) is 19.0 Å². The van der Waals surface area contributed by atoms with Crippen LogP contribution in [0.2, 0.25) is 0 Å². The van der Waals surface area contributed by atoms with Crippen molar-refractivity contribution in [2.75, 3.05) is 13.1 Å². The topological polar surface area (TPSA) is 67.2 Å². The average Bonchev–Trinajstić information content (AvgIpc) is 2.21. The van der Waals surface area contributed by atoms with Crippen LogP contribution < -0.4 is 10.9 Å². The Morgan fingerprint density at radius 2 is 2.25 bits per heavy atom. The molecule has 0 saturated carbocycles. The molecule has 5 heteroatoms. The predicted molar refractivity (Wildman–Crippen MR) is 62.2 cm³/mol. The Hall–Kier alpha value is -1.20. The van der Waals surface area contributed by atoms with E-state index < -0.39 is 6.10 Å². The first-order chi connectivity index (χ1) is 7.59. The van der Waals surface area contributed by atoms with Crippen LogP contribution in [0.5, 0.6) is 0 Å². The fraction of sp³-hybridized carbons (Fsp3) is 0.636. The van der Waals surface area contributed by atoms with Gasteiger partial charge in [-0.2, -0.15) is 0 Å². The predicted octanol–water partition coefficient (Wildman–Crippen LogP) is -0.150. The Kier molecular flexibility index (Phi) is 5.14. The summed E-state index contributed by atoms with van der Waals surface area (Å²) in [6.07, 6.45) is 2.32. The summed E-state index contributed by atoms with van der Waals surface area (Å²) in [7, 11) is 0. The van der Waals surface area contributed by atoms with Crippen LogP contribution in [0.1, 0.15) is 13.8 Å². The fourth-order valence-corrected chi connectivity index (χ4v) is 1.35. The molecular weight excluding hydrogens is 206 g/mol. The summed E-state index contributed by atoms with van der Waals surface area (Å²) in [5, 5.41) is 12.8. The zero-order chi connectivity index (χ0) is 12.0. The molecule has 0 fully saturated rings. The van der Waals surface area contributed by atoms with Crippen LogP contribution in [0.25, 0.3) is 0 Å². The third-order valence-corrected chi connectivity index (χ3v) is 2.13. The summed E-state index contributed by atoms with van der Waals surface area (Å²) in [6, 6.07) is 1.38. The Balaban J connectivity index is 2.37. The van der Waals surface area contributed by atoms with Crippen LogP contribution >= 0.6 is 0 Å². The van der Waals surface area contributed by atoms with Gasteiger partial charge in [-0.15, -0.1) is 0 Å². The molecule has 0 radical (unpaired) electrons. The number of hydrogen-bond acceptors (Lipinski definition) is 4. The van der Waals surface area contributed by atoms with E-state index in [1.807, 2.05) is 0 Å². The van der Waals surface area contributed by atoms with Crippen molar-refractivity contribution in [1.82, 2.24) is 14.9 Å². The number of aliphatic hydroxyl groups excluding tert-OH is 1. The van der Waals surface area contributed by atoms with Crippen molar-refractivity contribution in [2.45, 2.75) is 26.5 Å².